The molecule has 1 saturated carbocycles. The van der Waals surface area contributed by atoms with Crippen LogP contribution >= 0.6 is 15.9 Å². The molecule has 2 N–H and O–H groups in total. The van der Waals surface area contributed by atoms with Crippen LogP contribution in [0, 0.1) is 13.8 Å². The summed E-state index contributed by atoms with van der Waals surface area (Å²) in [5, 5.41) is 6.24. The Labute approximate surface area is 150 Å². The highest BCUT2D eigenvalue weighted by Crippen LogP contribution is 2.22. The second-order valence-corrected chi connectivity index (χ2v) is 7.12. The van der Waals surface area contributed by atoms with E-state index in [1.807, 2.05) is 32.0 Å². The summed E-state index contributed by atoms with van der Waals surface area (Å²) in [6.45, 7) is 3.88. The molecule has 0 aliphatic heterocycles. The molecule has 1 aliphatic rings. The summed E-state index contributed by atoms with van der Waals surface area (Å²) < 4.78 is 0.961. The molecule has 5 nitrogen and oxygen atoms in total. The summed E-state index contributed by atoms with van der Waals surface area (Å²) in [7, 11) is 0. The number of carbonyl (C=O) groups is 1. The van der Waals surface area contributed by atoms with Crippen LogP contribution in [-0.4, -0.2) is 21.9 Å². The summed E-state index contributed by atoms with van der Waals surface area (Å²) in [4.78, 5) is 21.3. The lowest BCUT2D eigenvalue weighted by molar-refractivity contribution is 0.102. The summed E-state index contributed by atoms with van der Waals surface area (Å²) >= 11 is 3.48. The predicted octanol–water partition coefficient (Wildman–Crippen LogP) is 4.46. The lowest BCUT2D eigenvalue weighted by atomic mass is 10.2. The van der Waals surface area contributed by atoms with Gasteiger partial charge in [-0.05, 0) is 50.5 Å². The van der Waals surface area contributed by atoms with Crippen molar-refractivity contribution in [2.45, 2.75) is 45.6 Å². The van der Waals surface area contributed by atoms with E-state index in [-0.39, 0.29) is 5.91 Å². The quantitative estimate of drug-likeness (QED) is 0.810. The number of anilines is 2. The molecule has 6 heteroatoms. The molecule has 0 atom stereocenters. The number of nitrogens with zero attached hydrogens (tertiary/aromatic N) is 2. The zero-order valence-electron chi connectivity index (χ0n) is 13.9. The van der Waals surface area contributed by atoms with Crippen LogP contribution < -0.4 is 10.6 Å². The first kappa shape index (κ1) is 16.9. The van der Waals surface area contributed by atoms with E-state index in [4.69, 9.17) is 0 Å². The van der Waals surface area contributed by atoms with Gasteiger partial charge in [-0.15, -0.1) is 0 Å². The van der Waals surface area contributed by atoms with Crippen LogP contribution in [0.15, 0.2) is 28.7 Å². The fourth-order valence-corrected chi connectivity index (χ4v) is 3.25. The summed E-state index contributed by atoms with van der Waals surface area (Å²) in [6.07, 6.45) is 4.74. The molecule has 2 aromatic rings. The van der Waals surface area contributed by atoms with Gasteiger partial charge >= 0.3 is 0 Å². The van der Waals surface area contributed by atoms with Crippen LogP contribution in [0.25, 0.3) is 0 Å². The highest BCUT2D eigenvalue weighted by atomic mass is 79.9. The molecular weight excluding hydrogens is 368 g/mol. The summed E-state index contributed by atoms with van der Waals surface area (Å²) in [5.41, 5.74) is 3.01. The van der Waals surface area contributed by atoms with E-state index >= 15 is 0 Å². The molecule has 1 aromatic heterocycles. The monoisotopic (exact) mass is 388 g/mol. The van der Waals surface area contributed by atoms with Crippen LogP contribution in [0.5, 0.6) is 0 Å². The van der Waals surface area contributed by atoms with E-state index < -0.39 is 0 Å². The Morgan fingerprint density at radius 2 is 1.92 bits per heavy atom. The van der Waals surface area contributed by atoms with E-state index in [1.165, 1.54) is 12.8 Å². The maximum Gasteiger partial charge on any atom is 0.274 e. The van der Waals surface area contributed by atoms with Crippen molar-refractivity contribution in [3.63, 3.8) is 0 Å². The molecule has 0 saturated heterocycles. The maximum absolute atomic E-state index is 12.5. The van der Waals surface area contributed by atoms with Gasteiger partial charge < -0.3 is 10.6 Å². The number of nitrogens with one attached hydrogen (secondary N) is 2. The van der Waals surface area contributed by atoms with Gasteiger partial charge in [0.2, 0.25) is 5.95 Å². The Balaban J connectivity index is 1.75. The van der Waals surface area contributed by atoms with Gasteiger partial charge in [0.15, 0.2) is 0 Å². The number of hydrogen-bond donors (Lipinski definition) is 2. The number of rotatable bonds is 4. The number of aromatic nitrogens is 2. The van der Waals surface area contributed by atoms with Gasteiger partial charge in [0.1, 0.15) is 5.69 Å². The van der Waals surface area contributed by atoms with Crippen molar-refractivity contribution in [2.75, 3.05) is 10.6 Å². The number of aryl methyl sites for hydroxylation is 2. The minimum absolute atomic E-state index is 0.231. The smallest absolute Gasteiger partial charge is 0.274 e. The van der Waals surface area contributed by atoms with Gasteiger partial charge in [-0.2, -0.15) is 0 Å². The van der Waals surface area contributed by atoms with E-state index in [2.05, 4.69) is 36.5 Å². The number of amides is 1. The lowest BCUT2D eigenvalue weighted by Crippen LogP contribution is -2.20. The van der Waals surface area contributed by atoms with Gasteiger partial charge in [0, 0.05) is 21.9 Å². The average molecular weight is 389 g/mol. The second-order valence-electron chi connectivity index (χ2n) is 6.26. The SMILES string of the molecule is Cc1cc(C(=O)Nc2ccc(C)c(Br)c2)nc(NC2CCCC2)n1. The molecule has 1 amide bonds. The molecule has 1 fully saturated rings. The predicted molar refractivity (Wildman–Crippen MR) is 99.5 cm³/mol. The third-order valence-corrected chi connectivity index (χ3v) is 5.06. The maximum atomic E-state index is 12.5. The van der Waals surface area contributed by atoms with E-state index in [0.717, 1.165) is 34.3 Å². The summed E-state index contributed by atoms with van der Waals surface area (Å²) in [5.74, 6) is 0.308. The Kier molecular flexibility index (Phi) is 5.14. The first-order valence-electron chi connectivity index (χ1n) is 8.21. The largest absolute Gasteiger partial charge is 0.351 e. The molecule has 0 unspecified atom stereocenters. The van der Waals surface area contributed by atoms with Gasteiger partial charge in [-0.3, -0.25) is 4.79 Å². The van der Waals surface area contributed by atoms with Crippen molar-refractivity contribution >= 4 is 33.5 Å². The Hall–Kier alpha value is -1.95. The minimum atomic E-state index is -0.231. The molecule has 1 aliphatic carbocycles. The Morgan fingerprint density at radius 1 is 1.17 bits per heavy atom. The van der Waals surface area contributed by atoms with Crippen molar-refractivity contribution in [1.82, 2.24) is 9.97 Å². The molecular formula is C18H21BrN4O. The zero-order chi connectivity index (χ0) is 17.1. The highest BCUT2D eigenvalue weighted by molar-refractivity contribution is 9.10. The molecule has 1 heterocycles. The number of benzene rings is 1. The van der Waals surface area contributed by atoms with Crippen LogP contribution in [0.4, 0.5) is 11.6 Å². The third-order valence-electron chi connectivity index (χ3n) is 4.20. The number of hydrogen-bond acceptors (Lipinski definition) is 4. The van der Waals surface area contributed by atoms with Gasteiger partial charge in [-0.1, -0.05) is 34.8 Å². The van der Waals surface area contributed by atoms with E-state index in [9.17, 15) is 4.79 Å². The van der Waals surface area contributed by atoms with Crippen molar-refractivity contribution in [1.29, 1.82) is 0 Å². The van der Waals surface area contributed by atoms with Crippen LogP contribution in [0.1, 0.15) is 47.4 Å². The number of halogens is 1. The molecule has 1 aromatic carbocycles. The summed E-state index contributed by atoms with van der Waals surface area (Å²) in [6, 6.07) is 7.84. The van der Waals surface area contributed by atoms with Crippen LogP contribution in [0.2, 0.25) is 0 Å². The fraction of sp³-hybridized carbons (Fsp3) is 0.389. The van der Waals surface area contributed by atoms with Crippen LogP contribution in [0.3, 0.4) is 0 Å². The average Bonchev–Trinajstić information content (AvgIpc) is 3.03. The third kappa shape index (κ3) is 4.12. The van der Waals surface area contributed by atoms with E-state index in [0.29, 0.717) is 17.7 Å². The van der Waals surface area contributed by atoms with Crippen molar-refractivity contribution in [3.8, 4) is 0 Å². The second kappa shape index (κ2) is 7.30. The highest BCUT2D eigenvalue weighted by Gasteiger charge is 2.17. The molecule has 0 spiro atoms. The fourth-order valence-electron chi connectivity index (χ4n) is 2.87. The standard InChI is InChI=1S/C18H21BrN4O/c1-11-7-8-14(10-15(11)19)21-17(24)16-9-12(2)20-18(23-16)22-13-5-3-4-6-13/h7-10,13H,3-6H2,1-2H3,(H,21,24)(H,20,22,23). The Bertz CT molecular complexity index is 757. The van der Waals surface area contributed by atoms with Crippen molar-refractivity contribution in [2.24, 2.45) is 0 Å². The van der Waals surface area contributed by atoms with Gasteiger partial charge in [-0.25, -0.2) is 9.97 Å². The first-order valence-corrected chi connectivity index (χ1v) is 9.00. The molecule has 0 bridgehead atoms. The van der Waals surface area contributed by atoms with Crippen molar-refractivity contribution < 1.29 is 4.79 Å². The molecule has 3 rings (SSSR count). The normalized spacial score (nSPS) is 14.6. The molecule has 126 valence electrons. The zero-order valence-corrected chi connectivity index (χ0v) is 15.5. The van der Waals surface area contributed by atoms with Crippen LogP contribution in [-0.2, 0) is 0 Å². The lowest BCUT2D eigenvalue weighted by Gasteiger charge is -2.13. The Morgan fingerprint density at radius 3 is 2.62 bits per heavy atom. The topological polar surface area (TPSA) is 66.9 Å². The first-order chi connectivity index (χ1) is 11.5. The number of carbonyl (C=O) groups excluding carboxylic acids is 1. The van der Waals surface area contributed by atoms with Gasteiger partial charge in [0.25, 0.3) is 5.91 Å². The minimum Gasteiger partial charge on any atom is -0.351 e. The molecule has 24 heavy (non-hydrogen) atoms. The molecule has 0 radical (unpaired) electrons. The van der Waals surface area contributed by atoms with E-state index in [1.54, 1.807) is 6.07 Å². The van der Waals surface area contributed by atoms with Crippen molar-refractivity contribution in [3.05, 3.63) is 45.7 Å². The van der Waals surface area contributed by atoms with Gasteiger partial charge in [0.05, 0.1) is 0 Å².